The summed E-state index contributed by atoms with van der Waals surface area (Å²) in [6.45, 7) is 1.69. The van der Waals surface area contributed by atoms with Crippen molar-refractivity contribution in [1.82, 2.24) is 9.78 Å². The van der Waals surface area contributed by atoms with Crippen LogP contribution in [0.15, 0.2) is 36.7 Å². The zero-order valence-corrected chi connectivity index (χ0v) is 10.2. The van der Waals surface area contributed by atoms with Crippen molar-refractivity contribution in [3.63, 3.8) is 0 Å². The summed E-state index contributed by atoms with van der Waals surface area (Å²) >= 11 is 6.05. The quantitative estimate of drug-likeness (QED) is 0.634. The van der Waals surface area contributed by atoms with E-state index in [1.54, 1.807) is 6.20 Å². The van der Waals surface area contributed by atoms with E-state index in [4.69, 9.17) is 17.3 Å². The van der Waals surface area contributed by atoms with Crippen LogP contribution in [0.5, 0.6) is 0 Å². The predicted molar refractivity (Wildman–Crippen MR) is 71.2 cm³/mol. The van der Waals surface area contributed by atoms with E-state index in [1.165, 1.54) is 0 Å². The Morgan fingerprint density at radius 2 is 2.24 bits per heavy atom. The van der Waals surface area contributed by atoms with Gasteiger partial charge in [-0.1, -0.05) is 17.7 Å². The smallest absolute Gasteiger partial charge is 0.0763 e. The summed E-state index contributed by atoms with van der Waals surface area (Å²) in [7, 11) is 0. The molecule has 1 aromatic heterocycles. The maximum atomic E-state index is 6.05. The minimum atomic E-state index is 0.657. The Balaban J connectivity index is 1.82. The SMILES string of the molecule is Nc1cccc(Cl)c1NCCCn1cccn1. The minimum absolute atomic E-state index is 0.657. The lowest BCUT2D eigenvalue weighted by molar-refractivity contribution is 0.592. The van der Waals surface area contributed by atoms with Crippen molar-refractivity contribution in [2.45, 2.75) is 13.0 Å². The molecule has 4 nitrogen and oxygen atoms in total. The van der Waals surface area contributed by atoms with Crippen LogP contribution in [0.25, 0.3) is 0 Å². The van der Waals surface area contributed by atoms with Crippen LogP contribution in [0, 0.1) is 0 Å². The van der Waals surface area contributed by atoms with Crippen LogP contribution in [0.3, 0.4) is 0 Å². The molecule has 0 fully saturated rings. The van der Waals surface area contributed by atoms with Crippen LogP contribution in [0.1, 0.15) is 6.42 Å². The third kappa shape index (κ3) is 3.14. The number of hydrogen-bond donors (Lipinski definition) is 2. The number of nitrogen functional groups attached to an aromatic ring is 1. The van der Waals surface area contributed by atoms with Gasteiger partial charge in [-0.05, 0) is 24.6 Å². The van der Waals surface area contributed by atoms with Gasteiger partial charge in [0.25, 0.3) is 0 Å². The summed E-state index contributed by atoms with van der Waals surface area (Å²) in [6.07, 6.45) is 4.69. The zero-order valence-electron chi connectivity index (χ0n) is 9.44. The fraction of sp³-hybridized carbons (Fsp3) is 0.250. The third-order valence-corrected chi connectivity index (χ3v) is 2.79. The van der Waals surface area contributed by atoms with Gasteiger partial charge in [0.2, 0.25) is 0 Å². The molecule has 1 aromatic carbocycles. The van der Waals surface area contributed by atoms with Crippen molar-refractivity contribution in [3.05, 3.63) is 41.7 Å². The highest BCUT2D eigenvalue weighted by Crippen LogP contribution is 2.27. The second-order valence-corrected chi connectivity index (χ2v) is 4.16. The van der Waals surface area contributed by atoms with Crippen LogP contribution in [0.4, 0.5) is 11.4 Å². The average molecular weight is 251 g/mol. The molecule has 0 unspecified atom stereocenters. The summed E-state index contributed by atoms with van der Waals surface area (Å²) in [6, 6.07) is 7.42. The monoisotopic (exact) mass is 250 g/mol. The molecule has 2 aromatic rings. The van der Waals surface area contributed by atoms with E-state index in [0.29, 0.717) is 10.7 Å². The number of anilines is 2. The Bertz CT molecular complexity index is 447. The summed E-state index contributed by atoms with van der Waals surface area (Å²) in [4.78, 5) is 0. The normalized spacial score (nSPS) is 10.4. The summed E-state index contributed by atoms with van der Waals surface area (Å²) in [5.41, 5.74) is 7.33. The first-order valence-corrected chi connectivity index (χ1v) is 5.90. The van der Waals surface area contributed by atoms with Crippen molar-refractivity contribution in [2.75, 3.05) is 17.6 Å². The molecule has 5 heteroatoms. The number of halogens is 1. The highest BCUT2D eigenvalue weighted by Gasteiger charge is 2.02. The molecule has 0 aliphatic carbocycles. The molecule has 0 saturated heterocycles. The predicted octanol–water partition coefficient (Wildman–Crippen LogP) is 2.62. The van der Waals surface area contributed by atoms with Crippen molar-refractivity contribution < 1.29 is 0 Å². The van der Waals surface area contributed by atoms with Crippen LogP contribution >= 0.6 is 11.6 Å². The standard InChI is InChI=1S/C12H15ClN4/c13-10-4-1-5-11(14)12(10)15-6-2-8-17-9-3-7-16-17/h1,3-5,7,9,15H,2,6,8,14H2. The molecule has 0 atom stereocenters. The Kier molecular flexibility index (Phi) is 3.88. The van der Waals surface area contributed by atoms with E-state index < -0.39 is 0 Å². The van der Waals surface area contributed by atoms with Gasteiger partial charge in [0.1, 0.15) is 0 Å². The lowest BCUT2D eigenvalue weighted by Gasteiger charge is -2.10. The van der Waals surface area contributed by atoms with Crippen LogP contribution < -0.4 is 11.1 Å². The van der Waals surface area contributed by atoms with Gasteiger partial charge < -0.3 is 11.1 Å². The third-order valence-electron chi connectivity index (χ3n) is 2.47. The first kappa shape index (κ1) is 11.8. The molecule has 2 rings (SSSR count). The number of rotatable bonds is 5. The van der Waals surface area contributed by atoms with E-state index in [1.807, 2.05) is 35.1 Å². The Morgan fingerprint density at radius 3 is 2.94 bits per heavy atom. The highest BCUT2D eigenvalue weighted by molar-refractivity contribution is 6.33. The van der Waals surface area contributed by atoms with Crippen LogP contribution in [0.2, 0.25) is 5.02 Å². The zero-order chi connectivity index (χ0) is 12.1. The molecule has 0 aliphatic rings. The van der Waals surface area contributed by atoms with E-state index in [9.17, 15) is 0 Å². The lowest BCUT2D eigenvalue weighted by atomic mass is 10.2. The van der Waals surface area contributed by atoms with E-state index in [0.717, 1.165) is 25.2 Å². The molecule has 0 amide bonds. The number of nitrogens with two attached hydrogens (primary N) is 1. The second-order valence-electron chi connectivity index (χ2n) is 3.75. The molecular formula is C12H15ClN4. The summed E-state index contributed by atoms with van der Waals surface area (Å²) in [5, 5.41) is 8.04. The first-order valence-electron chi connectivity index (χ1n) is 5.52. The van der Waals surface area contributed by atoms with E-state index in [-0.39, 0.29) is 0 Å². The van der Waals surface area contributed by atoms with Gasteiger partial charge in [-0.2, -0.15) is 5.10 Å². The van der Waals surface area contributed by atoms with E-state index in [2.05, 4.69) is 10.4 Å². The van der Waals surface area contributed by atoms with Crippen molar-refractivity contribution in [2.24, 2.45) is 0 Å². The number of benzene rings is 1. The number of aryl methyl sites for hydroxylation is 1. The highest BCUT2D eigenvalue weighted by atomic mass is 35.5. The number of nitrogens with zero attached hydrogens (tertiary/aromatic N) is 2. The van der Waals surface area contributed by atoms with Gasteiger partial charge in [0.15, 0.2) is 0 Å². The fourth-order valence-corrected chi connectivity index (χ4v) is 1.86. The maximum absolute atomic E-state index is 6.05. The largest absolute Gasteiger partial charge is 0.397 e. The van der Waals surface area contributed by atoms with Gasteiger partial charge in [0, 0.05) is 25.5 Å². The molecule has 0 aliphatic heterocycles. The topological polar surface area (TPSA) is 55.9 Å². The number of aromatic nitrogens is 2. The van der Waals surface area contributed by atoms with Crippen LogP contribution in [-0.2, 0) is 6.54 Å². The van der Waals surface area contributed by atoms with Crippen molar-refractivity contribution in [1.29, 1.82) is 0 Å². The van der Waals surface area contributed by atoms with Crippen molar-refractivity contribution >= 4 is 23.0 Å². The number of nitrogens with one attached hydrogen (secondary N) is 1. The minimum Gasteiger partial charge on any atom is -0.397 e. The molecule has 3 N–H and O–H groups in total. The first-order chi connectivity index (χ1) is 8.27. The molecule has 0 radical (unpaired) electrons. The van der Waals surface area contributed by atoms with Gasteiger partial charge in [-0.15, -0.1) is 0 Å². The number of hydrogen-bond acceptors (Lipinski definition) is 3. The Hall–Kier alpha value is -1.68. The lowest BCUT2D eigenvalue weighted by Crippen LogP contribution is -2.08. The van der Waals surface area contributed by atoms with Gasteiger partial charge in [0.05, 0.1) is 16.4 Å². The van der Waals surface area contributed by atoms with Gasteiger partial charge in [-0.3, -0.25) is 4.68 Å². The van der Waals surface area contributed by atoms with Gasteiger partial charge in [-0.25, -0.2) is 0 Å². The van der Waals surface area contributed by atoms with Gasteiger partial charge >= 0.3 is 0 Å². The molecule has 0 saturated carbocycles. The molecule has 17 heavy (non-hydrogen) atoms. The average Bonchev–Trinajstić information content (AvgIpc) is 2.80. The Labute approximate surface area is 105 Å². The summed E-state index contributed by atoms with van der Waals surface area (Å²) in [5.74, 6) is 0. The summed E-state index contributed by atoms with van der Waals surface area (Å²) < 4.78 is 1.90. The molecule has 1 heterocycles. The molecular weight excluding hydrogens is 236 g/mol. The molecule has 0 spiro atoms. The molecule has 0 bridgehead atoms. The van der Waals surface area contributed by atoms with E-state index >= 15 is 0 Å². The fourth-order valence-electron chi connectivity index (χ4n) is 1.61. The van der Waals surface area contributed by atoms with Crippen molar-refractivity contribution in [3.8, 4) is 0 Å². The Morgan fingerprint density at radius 1 is 1.35 bits per heavy atom. The van der Waals surface area contributed by atoms with Crippen LogP contribution in [-0.4, -0.2) is 16.3 Å². The maximum Gasteiger partial charge on any atom is 0.0763 e. The number of para-hydroxylation sites is 1. The molecule has 90 valence electrons. The second kappa shape index (κ2) is 5.59.